The summed E-state index contributed by atoms with van der Waals surface area (Å²) >= 11 is 0. The normalized spacial score (nSPS) is 23.3. The van der Waals surface area contributed by atoms with E-state index in [0.717, 1.165) is 24.5 Å². The molecule has 0 spiro atoms. The molecule has 0 saturated carbocycles. The van der Waals surface area contributed by atoms with Crippen molar-refractivity contribution in [3.8, 4) is 0 Å². The molecule has 0 amide bonds. The number of hydrogen-bond acceptors (Lipinski definition) is 4. The average molecular weight is 276 g/mol. The van der Waals surface area contributed by atoms with Gasteiger partial charge in [-0.2, -0.15) is 0 Å². The van der Waals surface area contributed by atoms with Crippen molar-refractivity contribution in [2.45, 2.75) is 25.1 Å². The summed E-state index contributed by atoms with van der Waals surface area (Å²) in [5, 5.41) is 0. The zero-order valence-electron chi connectivity index (χ0n) is 11.3. The van der Waals surface area contributed by atoms with Crippen molar-refractivity contribution >= 4 is 0 Å². The van der Waals surface area contributed by atoms with Crippen molar-refractivity contribution in [1.29, 1.82) is 0 Å². The predicted molar refractivity (Wildman–Crippen MR) is 71.3 cm³/mol. The lowest BCUT2D eigenvalue weighted by Crippen LogP contribution is -2.25. The molecule has 1 N–H and O–H groups in total. The SMILES string of the molecule is CO[C@@H]1CC(c2ncc[nH]2)N(Cc2ccc(F)cn2)C1. The summed E-state index contributed by atoms with van der Waals surface area (Å²) in [6, 6.07) is 3.34. The number of H-pyrrole nitrogens is 1. The van der Waals surface area contributed by atoms with Crippen molar-refractivity contribution in [3.63, 3.8) is 0 Å². The van der Waals surface area contributed by atoms with E-state index in [1.54, 1.807) is 19.4 Å². The van der Waals surface area contributed by atoms with E-state index in [9.17, 15) is 4.39 Å². The molecule has 5 nitrogen and oxygen atoms in total. The number of pyridine rings is 1. The average Bonchev–Trinajstić information content (AvgIpc) is 3.10. The number of nitrogens with zero attached hydrogens (tertiary/aromatic N) is 3. The topological polar surface area (TPSA) is 54.0 Å². The van der Waals surface area contributed by atoms with Gasteiger partial charge >= 0.3 is 0 Å². The highest BCUT2D eigenvalue weighted by atomic mass is 19.1. The van der Waals surface area contributed by atoms with E-state index in [2.05, 4.69) is 19.9 Å². The van der Waals surface area contributed by atoms with Gasteiger partial charge in [-0.1, -0.05) is 0 Å². The molecule has 1 aliphatic rings. The first kappa shape index (κ1) is 13.2. The smallest absolute Gasteiger partial charge is 0.141 e. The maximum absolute atomic E-state index is 12.9. The first-order valence-electron chi connectivity index (χ1n) is 6.63. The third kappa shape index (κ3) is 2.71. The van der Waals surface area contributed by atoms with Crippen LogP contribution in [0.5, 0.6) is 0 Å². The molecule has 20 heavy (non-hydrogen) atoms. The molecule has 0 radical (unpaired) electrons. The number of likely N-dealkylation sites (tertiary alicyclic amines) is 1. The van der Waals surface area contributed by atoms with E-state index in [1.165, 1.54) is 12.3 Å². The highest BCUT2D eigenvalue weighted by Crippen LogP contribution is 2.32. The molecule has 1 fully saturated rings. The number of rotatable bonds is 4. The standard InChI is InChI=1S/C14H17FN4O/c1-20-12-6-13(14-16-4-5-17-14)19(9-12)8-11-3-2-10(15)7-18-11/h2-5,7,12-13H,6,8-9H2,1H3,(H,16,17)/t12-,13?/m1/s1. The van der Waals surface area contributed by atoms with E-state index in [1.807, 2.05) is 6.20 Å². The van der Waals surface area contributed by atoms with Gasteiger partial charge in [0.2, 0.25) is 0 Å². The molecular formula is C14H17FN4O. The monoisotopic (exact) mass is 276 g/mol. The number of nitrogens with one attached hydrogen (secondary N) is 1. The fraction of sp³-hybridized carbons (Fsp3) is 0.429. The van der Waals surface area contributed by atoms with Gasteiger partial charge < -0.3 is 9.72 Å². The summed E-state index contributed by atoms with van der Waals surface area (Å²) in [5.41, 5.74) is 0.847. The van der Waals surface area contributed by atoms with Crippen LogP contribution in [-0.2, 0) is 11.3 Å². The molecular weight excluding hydrogens is 259 g/mol. The van der Waals surface area contributed by atoms with Crippen LogP contribution < -0.4 is 0 Å². The van der Waals surface area contributed by atoms with Crippen molar-refractivity contribution in [3.05, 3.63) is 48.1 Å². The summed E-state index contributed by atoms with van der Waals surface area (Å²) in [6.07, 6.45) is 5.91. The Morgan fingerprint density at radius 3 is 3.00 bits per heavy atom. The van der Waals surface area contributed by atoms with Gasteiger partial charge in [0, 0.05) is 32.6 Å². The first-order valence-corrected chi connectivity index (χ1v) is 6.63. The minimum Gasteiger partial charge on any atom is -0.380 e. The number of aromatic amines is 1. The molecule has 1 aliphatic heterocycles. The Kier molecular flexibility index (Phi) is 3.75. The number of aromatic nitrogens is 3. The van der Waals surface area contributed by atoms with Crippen LogP contribution in [0.25, 0.3) is 0 Å². The van der Waals surface area contributed by atoms with Crippen LogP contribution in [0.15, 0.2) is 30.7 Å². The minimum atomic E-state index is -0.312. The van der Waals surface area contributed by atoms with Gasteiger partial charge in [0.05, 0.1) is 24.0 Å². The lowest BCUT2D eigenvalue weighted by atomic mass is 10.2. The van der Waals surface area contributed by atoms with E-state index in [-0.39, 0.29) is 18.0 Å². The Hall–Kier alpha value is -1.79. The lowest BCUT2D eigenvalue weighted by molar-refractivity contribution is 0.107. The number of hydrogen-bond donors (Lipinski definition) is 1. The van der Waals surface area contributed by atoms with Gasteiger partial charge in [-0.15, -0.1) is 0 Å². The molecule has 0 bridgehead atoms. The van der Waals surface area contributed by atoms with E-state index < -0.39 is 0 Å². The van der Waals surface area contributed by atoms with E-state index in [4.69, 9.17) is 4.74 Å². The molecule has 3 rings (SSSR count). The summed E-state index contributed by atoms with van der Waals surface area (Å²) in [5.74, 6) is 0.624. The van der Waals surface area contributed by atoms with Crippen molar-refractivity contribution < 1.29 is 9.13 Å². The van der Waals surface area contributed by atoms with Crippen LogP contribution in [0.1, 0.15) is 24.0 Å². The number of ether oxygens (including phenoxy) is 1. The number of imidazole rings is 1. The molecule has 2 aromatic rings. The van der Waals surface area contributed by atoms with Crippen LogP contribution in [-0.4, -0.2) is 39.6 Å². The predicted octanol–water partition coefficient (Wildman–Crippen LogP) is 1.91. The number of halogens is 1. The maximum atomic E-state index is 12.9. The second-order valence-electron chi connectivity index (χ2n) is 4.98. The Labute approximate surface area is 116 Å². The Bertz CT molecular complexity index is 543. The summed E-state index contributed by atoms with van der Waals surface area (Å²) in [6.45, 7) is 1.48. The molecule has 0 aromatic carbocycles. The van der Waals surface area contributed by atoms with Crippen molar-refractivity contribution in [2.75, 3.05) is 13.7 Å². The molecule has 3 heterocycles. The van der Waals surface area contributed by atoms with Gasteiger partial charge in [0.25, 0.3) is 0 Å². The maximum Gasteiger partial charge on any atom is 0.141 e. The van der Waals surface area contributed by atoms with Crippen LogP contribution in [0, 0.1) is 5.82 Å². The van der Waals surface area contributed by atoms with Gasteiger partial charge in [-0.05, 0) is 18.6 Å². The molecule has 106 valence electrons. The third-order valence-corrected chi connectivity index (χ3v) is 3.69. The van der Waals surface area contributed by atoms with Crippen LogP contribution in [0.2, 0.25) is 0 Å². The van der Waals surface area contributed by atoms with Crippen LogP contribution in [0.3, 0.4) is 0 Å². The van der Waals surface area contributed by atoms with E-state index in [0.29, 0.717) is 6.54 Å². The largest absolute Gasteiger partial charge is 0.380 e. The molecule has 0 aliphatic carbocycles. The Balaban J connectivity index is 1.77. The van der Waals surface area contributed by atoms with Crippen molar-refractivity contribution in [1.82, 2.24) is 19.9 Å². The Morgan fingerprint density at radius 1 is 1.45 bits per heavy atom. The zero-order chi connectivity index (χ0) is 13.9. The summed E-state index contributed by atoms with van der Waals surface area (Å²) in [4.78, 5) is 13.9. The lowest BCUT2D eigenvalue weighted by Gasteiger charge is -2.21. The van der Waals surface area contributed by atoms with Gasteiger partial charge in [-0.25, -0.2) is 9.37 Å². The fourth-order valence-electron chi connectivity index (χ4n) is 2.66. The fourth-order valence-corrected chi connectivity index (χ4v) is 2.66. The number of methoxy groups -OCH3 is 1. The first-order chi connectivity index (χ1) is 9.76. The second-order valence-corrected chi connectivity index (χ2v) is 4.98. The molecule has 2 aromatic heterocycles. The molecule has 6 heteroatoms. The molecule has 2 atom stereocenters. The van der Waals surface area contributed by atoms with Crippen LogP contribution >= 0.6 is 0 Å². The van der Waals surface area contributed by atoms with Gasteiger partial charge in [0.1, 0.15) is 11.6 Å². The zero-order valence-corrected chi connectivity index (χ0v) is 11.3. The van der Waals surface area contributed by atoms with Crippen molar-refractivity contribution in [2.24, 2.45) is 0 Å². The Morgan fingerprint density at radius 2 is 2.35 bits per heavy atom. The second kappa shape index (κ2) is 5.68. The summed E-state index contributed by atoms with van der Waals surface area (Å²) < 4.78 is 18.4. The van der Waals surface area contributed by atoms with Crippen LogP contribution in [0.4, 0.5) is 4.39 Å². The third-order valence-electron chi connectivity index (χ3n) is 3.69. The highest BCUT2D eigenvalue weighted by Gasteiger charge is 2.34. The van der Waals surface area contributed by atoms with Gasteiger partial charge in [0.15, 0.2) is 0 Å². The van der Waals surface area contributed by atoms with E-state index >= 15 is 0 Å². The molecule has 1 unspecified atom stereocenters. The molecule has 1 saturated heterocycles. The summed E-state index contributed by atoms with van der Waals surface area (Å²) in [7, 11) is 1.73. The van der Waals surface area contributed by atoms with Gasteiger partial charge in [-0.3, -0.25) is 9.88 Å². The highest BCUT2D eigenvalue weighted by molar-refractivity contribution is 5.08. The minimum absolute atomic E-state index is 0.182. The quantitative estimate of drug-likeness (QED) is 0.926.